The molecule has 0 aromatic carbocycles. The molecule has 26 heavy (non-hydrogen) atoms. The Morgan fingerprint density at radius 2 is 1.85 bits per heavy atom. The first-order chi connectivity index (χ1) is 11.9. The number of likely N-dealkylation sites (tertiary alicyclic amines) is 1. The molecule has 8 nitrogen and oxygen atoms in total. The molecule has 1 heterocycles. The summed E-state index contributed by atoms with van der Waals surface area (Å²) in [6, 6.07) is 0. The van der Waals surface area contributed by atoms with E-state index < -0.39 is 23.4 Å². The average molecular weight is 367 g/mol. The number of carbonyl (C=O) groups excluding carboxylic acids is 2. The van der Waals surface area contributed by atoms with Crippen LogP contribution in [0, 0.1) is 18.3 Å². The van der Waals surface area contributed by atoms with Crippen molar-refractivity contribution in [1.82, 2.24) is 10.2 Å². The van der Waals surface area contributed by atoms with Crippen molar-refractivity contribution in [2.24, 2.45) is 11.1 Å². The van der Waals surface area contributed by atoms with E-state index in [4.69, 9.17) is 20.7 Å². The van der Waals surface area contributed by atoms with Crippen molar-refractivity contribution in [1.29, 1.82) is 0 Å². The van der Waals surface area contributed by atoms with Crippen molar-refractivity contribution in [2.45, 2.75) is 52.7 Å². The van der Waals surface area contributed by atoms with Crippen LogP contribution in [0.4, 0.5) is 9.59 Å². The van der Waals surface area contributed by atoms with Gasteiger partial charge in [0, 0.05) is 19.0 Å². The summed E-state index contributed by atoms with van der Waals surface area (Å²) in [6.45, 7) is 11.6. The molecule has 1 saturated heterocycles. The van der Waals surface area contributed by atoms with Crippen molar-refractivity contribution in [3.05, 3.63) is 0 Å². The summed E-state index contributed by atoms with van der Waals surface area (Å²) < 4.78 is 10.6. The number of carbonyl (C=O) groups is 2. The summed E-state index contributed by atoms with van der Waals surface area (Å²) >= 11 is 0. The zero-order chi connectivity index (χ0) is 20.0. The van der Waals surface area contributed by atoms with Gasteiger partial charge in [0.2, 0.25) is 0 Å². The minimum atomic E-state index is -0.596. The van der Waals surface area contributed by atoms with E-state index >= 15 is 0 Å². The van der Waals surface area contributed by atoms with Crippen LogP contribution in [0.5, 0.6) is 0 Å². The molecule has 0 aromatic rings. The number of terminal acetylenes is 1. The highest BCUT2D eigenvalue weighted by Gasteiger charge is 2.35. The van der Waals surface area contributed by atoms with Gasteiger partial charge < -0.3 is 24.5 Å². The highest BCUT2D eigenvalue weighted by atomic mass is 16.6. The van der Waals surface area contributed by atoms with Gasteiger partial charge in [-0.1, -0.05) is 11.1 Å². The van der Waals surface area contributed by atoms with Crippen LogP contribution in [0.15, 0.2) is 5.16 Å². The fraction of sp³-hybridized carbons (Fsp3) is 0.722. The SMILES string of the molecule is C#CCON=C1CN(C(=O)OC(C)(C)C)CC1CNC(=O)OC(C)(C)C. The van der Waals surface area contributed by atoms with Crippen LogP contribution >= 0.6 is 0 Å². The molecule has 1 fully saturated rings. The van der Waals surface area contributed by atoms with Gasteiger partial charge >= 0.3 is 12.2 Å². The minimum Gasteiger partial charge on any atom is -0.444 e. The molecule has 0 spiro atoms. The molecule has 0 aromatic heterocycles. The van der Waals surface area contributed by atoms with Crippen molar-refractivity contribution >= 4 is 17.9 Å². The summed E-state index contributed by atoms with van der Waals surface area (Å²) in [5.74, 6) is 2.11. The number of alkyl carbamates (subject to hydrolysis) is 1. The van der Waals surface area contributed by atoms with E-state index in [1.807, 2.05) is 0 Å². The van der Waals surface area contributed by atoms with Crippen LogP contribution in [0.2, 0.25) is 0 Å². The van der Waals surface area contributed by atoms with Crippen molar-refractivity contribution in [3.63, 3.8) is 0 Å². The van der Waals surface area contributed by atoms with E-state index in [1.54, 1.807) is 41.5 Å². The molecule has 0 aliphatic carbocycles. The number of rotatable bonds is 4. The molecular weight excluding hydrogens is 338 g/mol. The zero-order valence-electron chi connectivity index (χ0n) is 16.4. The molecular formula is C18H29N3O5. The normalized spacial score (nSPS) is 19.0. The second kappa shape index (κ2) is 8.79. The largest absolute Gasteiger partial charge is 0.444 e. The maximum Gasteiger partial charge on any atom is 0.410 e. The molecule has 8 heteroatoms. The van der Waals surface area contributed by atoms with E-state index in [0.29, 0.717) is 12.3 Å². The Bertz CT molecular complexity index is 581. The molecule has 2 amide bonds. The fourth-order valence-corrected chi connectivity index (χ4v) is 2.19. The summed E-state index contributed by atoms with van der Waals surface area (Å²) in [7, 11) is 0. The van der Waals surface area contributed by atoms with Crippen molar-refractivity contribution < 1.29 is 23.9 Å². The van der Waals surface area contributed by atoms with E-state index in [0.717, 1.165) is 0 Å². The van der Waals surface area contributed by atoms with Gasteiger partial charge in [0.15, 0.2) is 6.61 Å². The van der Waals surface area contributed by atoms with Gasteiger partial charge in [0.25, 0.3) is 0 Å². The second-order valence-electron chi connectivity index (χ2n) is 8.00. The maximum atomic E-state index is 12.3. The highest BCUT2D eigenvalue weighted by molar-refractivity contribution is 5.94. The predicted molar refractivity (Wildman–Crippen MR) is 97.8 cm³/mol. The van der Waals surface area contributed by atoms with Crippen LogP contribution in [-0.2, 0) is 14.3 Å². The monoisotopic (exact) mass is 367 g/mol. The highest BCUT2D eigenvalue weighted by Crippen LogP contribution is 2.18. The molecule has 0 bridgehead atoms. The number of ether oxygens (including phenoxy) is 2. The van der Waals surface area contributed by atoms with E-state index in [9.17, 15) is 9.59 Å². The first kappa shape index (κ1) is 21.6. The number of nitrogens with one attached hydrogen (secondary N) is 1. The first-order valence-electron chi connectivity index (χ1n) is 8.48. The van der Waals surface area contributed by atoms with E-state index in [1.165, 1.54) is 4.90 Å². The Kier molecular flexibility index (Phi) is 7.30. The van der Waals surface area contributed by atoms with Gasteiger partial charge in [-0.2, -0.15) is 0 Å². The van der Waals surface area contributed by atoms with Crippen LogP contribution in [0.1, 0.15) is 41.5 Å². The average Bonchev–Trinajstić information content (AvgIpc) is 2.85. The Morgan fingerprint density at radius 1 is 1.23 bits per heavy atom. The molecule has 0 radical (unpaired) electrons. The lowest BCUT2D eigenvalue weighted by Gasteiger charge is -2.24. The smallest absolute Gasteiger partial charge is 0.410 e. The summed E-state index contributed by atoms with van der Waals surface area (Å²) in [6.07, 6.45) is 4.17. The van der Waals surface area contributed by atoms with Gasteiger partial charge in [-0.25, -0.2) is 9.59 Å². The quantitative estimate of drug-likeness (QED) is 0.468. The Labute approximate surface area is 155 Å². The maximum absolute atomic E-state index is 12.3. The van der Waals surface area contributed by atoms with Gasteiger partial charge in [-0.15, -0.1) is 6.42 Å². The Balaban J connectivity index is 2.72. The predicted octanol–water partition coefficient (Wildman–Crippen LogP) is 2.38. The van der Waals surface area contributed by atoms with Gasteiger partial charge in [-0.3, -0.25) is 0 Å². The third kappa shape index (κ3) is 8.10. The molecule has 146 valence electrons. The van der Waals surface area contributed by atoms with Crippen LogP contribution in [-0.4, -0.2) is 60.2 Å². The summed E-state index contributed by atoms with van der Waals surface area (Å²) in [5.41, 5.74) is -0.571. The molecule has 1 atom stereocenters. The topological polar surface area (TPSA) is 89.5 Å². The number of oxime groups is 1. The van der Waals surface area contributed by atoms with E-state index in [-0.39, 0.29) is 25.6 Å². The van der Waals surface area contributed by atoms with Crippen LogP contribution in [0.25, 0.3) is 0 Å². The molecule has 1 N–H and O–H groups in total. The second-order valence-corrected chi connectivity index (χ2v) is 8.00. The fourth-order valence-electron chi connectivity index (χ4n) is 2.19. The molecule has 1 rings (SSSR count). The van der Waals surface area contributed by atoms with Crippen molar-refractivity contribution in [3.8, 4) is 12.3 Å². The molecule has 1 aliphatic rings. The minimum absolute atomic E-state index is 0.0299. The standard InChI is InChI=1S/C18H29N3O5/c1-8-9-24-20-14-12-21(16(23)26-18(5,6)7)11-13(14)10-19-15(22)25-17(2,3)4/h1,13H,9-12H2,2-7H3,(H,19,22). The lowest BCUT2D eigenvalue weighted by atomic mass is 10.1. The third-order valence-corrected chi connectivity index (χ3v) is 3.14. The van der Waals surface area contributed by atoms with Crippen LogP contribution < -0.4 is 5.32 Å². The van der Waals surface area contributed by atoms with E-state index in [2.05, 4.69) is 16.4 Å². The number of amides is 2. The summed E-state index contributed by atoms with van der Waals surface area (Å²) in [4.78, 5) is 30.7. The number of nitrogens with zero attached hydrogens (tertiary/aromatic N) is 2. The van der Waals surface area contributed by atoms with Crippen molar-refractivity contribution in [2.75, 3.05) is 26.2 Å². The van der Waals surface area contributed by atoms with Crippen LogP contribution in [0.3, 0.4) is 0 Å². The van der Waals surface area contributed by atoms with Gasteiger partial charge in [-0.05, 0) is 41.5 Å². The third-order valence-electron chi connectivity index (χ3n) is 3.14. The van der Waals surface area contributed by atoms with Gasteiger partial charge in [0.1, 0.15) is 11.2 Å². The Morgan fingerprint density at radius 3 is 2.38 bits per heavy atom. The zero-order valence-corrected chi connectivity index (χ0v) is 16.4. The number of hydrogen-bond donors (Lipinski definition) is 1. The molecule has 0 saturated carbocycles. The molecule has 1 aliphatic heterocycles. The first-order valence-corrected chi connectivity index (χ1v) is 8.48. The molecule has 1 unspecified atom stereocenters. The lowest BCUT2D eigenvalue weighted by molar-refractivity contribution is 0.0292. The summed E-state index contributed by atoms with van der Waals surface area (Å²) in [5, 5.41) is 6.70. The lowest BCUT2D eigenvalue weighted by Crippen LogP contribution is -2.38. The number of hydrogen-bond acceptors (Lipinski definition) is 6. The Hall–Kier alpha value is -2.43. The van der Waals surface area contributed by atoms with Gasteiger partial charge in [0.05, 0.1) is 12.3 Å².